The highest BCUT2D eigenvalue weighted by molar-refractivity contribution is 6.17. The number of alkyl halides is 1. The molecule has 0 aromatic rings. The Balaban J connectivity index is 3.15. The van der Waals surface area contributed by atoms with Crippen molar-refractivity contribution in [1.29, 1.82) is 0 Å². The lowest BCUT2D eigenvalue weighted by atomic mass is 10.3. The number of amides is 1. The number of carbonyl (C=O) groups is 1. The molecule has 0 atom stereocenters. The van der Waals surface area contributed by atoms with Crippen LogP contribution >= 0.6 is 11.6 Å². The third-order valence-electron chi connectivity index (χ3n) is 1.36. The predicted octanol–water partition coefficient (Wildman–Crippen LogP) is 1.53. The van der Waals surface area contributed by atoms with Gasteiger partial charge in [0.15, 0.2) is 0 Å². The summed E-state index contributed by atoms with van der Waals surface area (Å²) in [5.74, 6) is 3.11. The van der Waals surface area contributed by atoms with Crippen LogP contribution in [-0.4, -0.2) is 18.3 Å². The number of rotatable bonds is 6. The van der Waals surface area contributed by atoms with Crippen LogP contribution in [0.3, 0.4) is 0 Å². The van der Waals surface area contributed by atoms with E-state index in [1.165, 1.54) is 0 Å². The number of hydrogen-bond acceptors (Lipinski definition) is 1. The largest absolute Gasteiger partial charge is 0.356 e. The average molecular weight is 188 g/mol. The van der Waals surface area contributed by atoms with E-state index in [2.05, 4.69) is 11.2 Å². The predicted molar refractivity (Wildman–Crippen MR) is 51.0 cm³/mol. The Morgan fingerprint density at radius 1 is 1.50 bits per heavy atom. The van der Waals surface area contributed by atoms with E-state index in [1.807, 2.05) is 0 Å². The van der Waals surface area contributed by atoms with Gasteiger partial charge in [-0.2, -0.15) is 0 Å². The topological polar surface area (TPSA) is 29.1 Å². The Morgan fingerprint density at radius 2 is 2.25 bits per heavy atom. The minimum atomic E-state index is 0.0627. The average Bonchev–Trinajstić information content (AvgIpc) is 2.09. The van der Waals surface area contributed by atoms with Crippen LogP contribution in [0.25, 0.3) is 0 Å². The molecule has 0 saturated carbocycles. The van der Waals surface area contributed by atoms with Crippen molar-refractivity contribution < 1.29 is 4.79 Å². The highest BCUT2D eigenvalue weighted by atomic mass is 35.5. The van der Waals surface area contributed by atoms with Crippen molar-refractivity contribution in [3.63, 3.8) is 0 Å². The van der Waals surface area contributed by atoms with Gasteiger partial charge in [0.1, 0.15) is 0 Å². The number of terminal acetylenes is 1. The second-order valence-electron chi connectivity index (χ2n) is 2.45. The number of hydrogen-bond donors (Lipinski definition) is 1. The van der Waals surface area contributed by atoms with Crippen LogP contribution in [-0.2, 0) is 4.79 Å². The van der Waals surface area contributed by atoms with Gasteiger partial charge in [-0.1, -0.05) is 0 Å². The van der Waals surface area contributed by atoms with E-state index in [1.54, 1.807) is 0 Å². The lowest BCUT2D eigenvalue weighted by Gasteiger charge is -2.01. The van der Waals surface area contributed by atoms with E-state index in [0.717, 1.165) is 19.3 Å². The van der Waals surface area contributed by atoms with E-state index in [-0.39, 0.29) is 5.91 Å². The Kier molecular flexibility index (Phi) is 7.94. The molecule has 0 aliphatic heterocycles. The van der Waals surface area contributed by atoms with Gasteiger partial charge in [0, 0.05) is 25.3 Å². The van der Waals surface area contributed by atoms with Gasteiger partial charge in [0.25, 0.3) is 0 Å². The summed E-state index contributed by atoms with van der Waals surface area (Å²) in [6, 6.07) is 0. The third kappa shape index (κ3) is 7.43. The van der Waals surface area contributed by atoms with Gasteiger partial charge >= 0.3 is 0 Å². The van der Waals surface area contributed by atoms with Gasteiger partial charge in [-0.3, -0.25) is 4.79 Å². The summed E-state index contributed by atoms with van der Waals surface area (Å²) in [5.41, 5.74) is 0. The van der Waals surface area contributed by atoms with E-state index >= 15 is 0 Å². The highest BCUT2D eigenvalue weighted by Crippen LogP contribution is 1.91. The van der Waals surface area contributed by atoms with Crippen LogP contribution in [0.1, 0.15) is 25.7 Å². The molecule has 0 spiro atoms. The van der Waals surface area contributed by atoms with Gasteiger partial charge in [-0.05, 0) is 12.8 Å². The molecule has 0 unspecified atom stereocenters. The Bertz CT molecular complexity index is 162. The molecule has 0 bridgehead atoms. The molecule has 68 valence electrons. The highest BCUT2D eigenvalue weighted by Gasteiger charge is 1.97. The zero-order valence-electron chi connectivity index (χ0n) is 7.11. The monoisotopic (exact) mass is 187 g/mol. The van der Waals surface area contributed by atoms with E-state index < -0.39 is 0 Å². The van der Waals surface area contributed by atoms with Crippen LogP contribution < -0.4 is 5.32 Å². The molecule has 0 aliphatic rings. The van der Waals surface area contributed by atoms with Crippen molar-refractivity contribution in [3.05, 3.63) is 0 Å². The smallest absolute Gasteiger partial charge is 0.220 e. The van der Waals surface area contributed by atoms with E-state index in [9.17, 15) is 4.79 Å². The normalized spacial score (nSPS) is 9.00. The van der Waals surface area contributed by atoms with Crippen LogP contribution in [0.4, 0.5) is 0 Å². The molecule has 0 radical (unpaired) electrons. The van der Waals surface area contributed by atoms with E-state index in [4.69, 9.17) is 18.0 Å². The standard InChI is InChI=1S/C9H14ClNO/c1-2-3-4-8-11-9(12)6-5-7-10/h1H,3-8H2,(H,11,12). The maximum Gasteiger partial charge on any atom is 0.220 e. The molecule has 0 aliphatic carbocycles. The number of halogens is 1. The zero-order valence-corrected chi connectivity index (χ0v) is 7.86. The first-order valence-corrected chi connectivity index (χ1v) is 4.61. The molecular formula is C9H14ClNO. The number of unbranched alkanes of at least 4 members (excludes halogenated alkanes) is 1. The fourth-order valence-corrected chi connectivity index (χ4v) is 0.868. The van der Waals surface area contributed by atoms with Crippen molar-refractivity contribution in [3.8, 4) is 12.3 Å². The summed E-state index contributed by atoms with van der Waals surface area (Å²) in [7, 11) is 0. The Hall–Kier alpha value is -0.680. The molecule has 2 nitrogen and oxygen atoms in total. The lowest BCUT2D eigenvalue weighted by molar-refractivity contribution is -0.121. The molecule has 0 saturated heterocycles. The van der Waals surface area contributed by atoms with Gasteiger partial charge in [0.05, 0.1) is 0 Å². The molecule has 1 N–H and O–H groups in total. The lowest BCUT2D eigenvalue weighted by Crippen LogP contribution is -2.23. The summed E-state index contributed by atoms with van der Waals surface area (Å²) in [6.45, 7) is 0.672. The van der Waals surface area contributed by atoms with Crippen molar-refractivity contribution in [2.24, 2.45) is 0 Å². The molecule has 0 aromatic carbocycles. The fourth-order valence-electron chi connectivity index (χ4n) is 0.734. The minimum absolute atomic E-state index is 0.0627. The van der Waals surface area contributed by atoms with Crippen LogP contribution in [0.15, 0.2) is 0 Å². The summed E-state index contributed by atoms with van der Waals surface area (Å²) in [4.78, 5) is 10.9. The van der Waals surface area contributed by atoms with Crippen LogP contribution in [0.5, 0.6) is 0 Å². The van der Waals surface area contributed by atoms with Gasteiger partial charge in [-0.15, -0.1) is 23.9 Å². The van der Waals surface area contributed by atoms with Gasteiger partial charge in [0.2, 0.25) is 5.91 Å². The number of carbonyl (C=O) groups excluding carboxylic acids is 1. The molecule has 0 aromatic heterocycles. The van der Waals surface area contributed by atoms with Crippen molar-refractivity contribution in [2.45, 2.75) is 25.7 Å². The third-order valence-corrected chi connectivity index (χ3v) is 1.62. The van der Waals surface area contributed by atoms with Crippen molar-refractivity contribution in [2.75, 3.05) is 12.4 Å². The first-order chi connectivity index (χ1) is 5.81. The van der Waals surface area contributed by atoms with Crippen LogP contribution in [0, 0.1) is 12.3 Å². The molecule has 1 amide bonds. The summed E-state index contributed by atoms with van der Waals surface area (Å²) in [6.07, 6.45) is 7.87. The quantitative estimate of drug-likeness (QED) is 0.382. The van der Waals surface area contributed by atoms with Crippen LogP contribution in [0.2, 0.25) is 0 Å². The Labute approximate surface area is 78.7 Å². The molecular weight excluding hydrogens is 174 g/mol. The number of nitrogens with one attached hydrogen (secondary N) is 1. The maximum absolute atomic E-state index is 10.9. The first-order valence-electron chi connectivity index (χ1n) is 4.07. The molecule has 12 heavy (non-hydrogen) atoms. The molecule has 0 rings (SSSR count). The Morgan fingerprint density at radius 3 is 2.83 bits per heavy atom. The summed E-state index contributed by atoms with van der Waals surface area (Å²) < 4.78 is 0. The van der Waals surface area contributed by atoms with Crippen molar-refractivity contribution in [1.82, 2.24) is 5.32 Å². The fraction of sp³-hybridized carbons (Fsp3) is 0.667. The summed E-state index contributed by atoms with van der Waals surface area (Å²) in [5, 5.41) is 2.76. The zero-order chi connectivity index (χ0) is 9.23. The summed E-state index contributed by atoms with van der Waals surface area (Å²) >= 11 is 5.42. The van der Waals surface area contributed by atoms with Gasteiger partial charge < -0.3 is 5.32 Å². The molecule has 3 heteroatoms. The molecule has 0 heterocycles. The second-order valence-corrected chi connectivity index (χ2v) is 2.83. The molecule has 0 fully saturated rings. The SMILES string of the molecule is C#CCCCNC(=O)CCCCl. The minimum Gasteiger partial charge on any atom is -0.356 e. The first kappa shape index (κ1) is 11.3. The second kappa shape index (κ2) is 8.42. The van der Waals surface area contributed by atoms with Gasteiger partial charge in [-0.25, -0.2) is 0 Å². The van der Waals surface area contributed by atoms with Crippen molar-refractivity contribution >= 4 is 17.5 Å². The maximum atomic E-state index is 10.9. The van der Waals surface area contributed by atoms with E-state index in [0.29, 0.717) is 18.8 Å².